The molecule has 0 fully saturated rings. The quantitative estimate of drug-likeness (QED) is 0.0715. The van der Waals surface area contributed by atoms with Gasteiger partial charge in [0.05, 0.1) is 11.6 Å². The van der Waals surface area contributed by atoms with Crippen LogP contribution in [0.25, 0.3) is 22.3 Å². The summed E-state index contributed by atoms with van der Waals surface area (Å²) in [6, 6.07) is 41.3. The van der Waals surface area contributed by atoms with Gasteiger partial charge in [0, 0.05) is 12.0 Å². The molecule has 0 heterocycles. The maximum atomic E-state index is 10.2. The number of thiol groups is 1. The maximum absolute atomic E-state index is 10.2. The van der Waals surface area contributed by atoms with Gasteiger partial charge in [-0.15, -0.1) is 0 Å². The van der Waals surface area contributed by atoms with Crippen molar-refractivity contribution < 1.29 is 13.4 Å². The zero-order valence-electron chi connectivity index (χ0n) is 26.6. The summed E-state index contributed by atoms with van der Waals surface area (Å²) in [4.78, 5) is 0. The molecule has 0 bridgehead atoms. The Morgan fingerprint density at radius 2 is 1.26 bits per heavy atom. The van der Waals surface area contributed by atoms with Crippen LogP contribution in [0.1, 0.15) is 67.3 Å². The van der Waals surface area contributed by atoms with Crippen molar-refractivity contribution in [3.63, 3.8) is 0 Å². The van der Waals surface area contributed by atoms with Crippen molar-refractivity contribution >= 4 is 20.2 Å². The number of rotatable bonds is 15. The normalized spacial score (nSPS) is 10.7. The highest BCUT2D eigenvalue weighted by atomic mass is 32.1. The molecule has 5 rings (SSSR count). The van der Waals surface area contributed by atoms with Crippen LogP contribution in [0, 0.1) is 11.3 Å². The van der Waals surface area contributed by atoms with E-state index in [-0.39, 0.29) is 0 Å². The van der Waals surface area contributed by atoms with Crippen molar-refractivity contribution in [3.05, 3.63) is 143 Å². The molecule has 0 aromatic heterocycles. The lowest BCUT2D eigenvalue weighted by Crippen LogP contribution is -2.31. The van der Waals surface area contributed by atoms with E-state index < -0.39 is 7.32 Å². The Bertz CT molecular complexity index is 1740. The number of nitrogens with zero attached hydrogens (tertiary/aromatic N) is 1. The molecule has 0 saturated heterocycles. The van der Waals surface area contributed by atoms with Crippen molar-refractivity contribution in [1.82, 2.24) is 0 Å². The third-order valence-electron chi connectivity index (χ3n) is 8.15. The number of unbranched alkanes of at least 4 members (excludes halogenated alkanes) is 2. The summed E-state index contributed by atoms with van der Waals surface area (Å²) in [5, 5.41) is 10.2. The lowest BCUT2D eigenvalue weighted by Gasteiger charge is -2.20. The summed E-state index contributed by atoms with van der Waals surface area (Å²) in [7, 11) is -1.06. The first-order valence-electron chi connectivity index (χ1n) is 16.1. The van der Waals surface area contributed by atoms with E-state index in [0.717, 1.165) is 71.9 Å². The second kappa shape index (κ2) is 16.8. The van der Waals surface area contributed by atoms with Gasteiger partial charge in [0.15, 0.2) is 0 Å². The second-order valence-corrected chi connectivity index (χ2v) is 11.7. The molecule has 5 aromatic rings. The summed E-state index contributed by atoms with van der Waals surface area (Å²) < 4.78 is 17.8. The number of aryl methyl sites for hydroxylation is 2. The zero-order valence-corrected chi connectivity index (χ0v) is 27.5. The first-order valence-corrected chi connectivity index (χ1v) is 16.5. The first kappa shape index (κ1) is 32.9. The van der Waals surface area contributed by atoms with Crippen molar-refractivity contribution in [1.29, 1.82) is 5.26 Å². The molecule has 0 aliphatic carbocycles. The van der Waals surface area contributed by atoms with Crippen molar-refractivity contribution in [3.8, 4) is 39.8 Å². The largest absolute Gasteiger partial charge is 0.799 e. The predicted molar refractivity (Wildman–Crippen MR) is 192 cm³/mol. The van der Waals surface area contributed by atoms with Gasteiger partial charge in [-0.2, -0.15) is 5.26 Å². The molecular weight excluding hydrogens is 585 g/mol. The lowest BCUT2D eigenvalue weighted by molar-refractivity contribution is 0.328. The van der Waals surface area contributed by atoms with Crippen LogP contribution in [-0.2, 0) is 23.4 Å². The monoisotopic (exact) mass is 625 g/mol. The van der Waals surface area contributed by atoms with Crippen LogP contribution in [0.5, 0.6) is 11.5 Å². The Kier molecular flexibility index (Phi) is 12.0. The number of benzene rings is 5. The first-order chi connectivity index (χ1) is 22.6. The van der Waals surface area contributed by atoms with E-state index in [1.54, 1.807) is 0 Å². The molecular formula is C40H40BNO3S. The van der Waals surface area contributed by atoms with Crippen molar-refractivity contribution in [2.75, 3.05) is 0 Å². The average Bonchev–Trinajstić information content (AvgIpc) is 3.11. The summed E-state index contributed by atoms with van der Waals surface area (Å²) >= 11 is 4.10. The molecule has 46 heavy (non-hydrogen) atoms. The van der Waals surface area contributed by atoms with Gasteiger partial charge < -0.3 is 9.31 Å². The van der Waals surface area contributed by atoms with E-state index in [1.807, 2.05) is 60.7 Å². The van der Waals surface area contributed by atoms with E-state index in [1.165, 1.54) is 11.1 Å². The predicted octanol–water partition coefficient (Wildman–Crippen LogP) is 10.5. The summed E-state index contributed by atoms with van der Waals surface area (Å²) in [6.07, 6.45) is 7.12. The molecule has 0 atom stereocenters. The highest BCUT2D eigenvalue weighted by molar-refractivity contribution is 7.76. The van der Waals surface area contributed by atoms with Gasteiger partial charge in [-0.25, -0.2) is 0 Å². The van der Waals surface area contributed by atoms with E-state index in [4.69, 9.17) is 13.4 Å². The molecule has 6 heteroatoms. The highest BCUT2D eigenvalue weighted by Crippen LogP contribution is 2.39. The minimum Gasteiger partial charge on any atom is -0.500 e. The Morgan fingerprint density at radius 3 is 1.87 bits per heavy atom. The molecule has 0 amide bonds. The molecule has 0 spiro atoms. The van der Waals surface area contributed by atoms with E-state index in [0.29, 0.717) is 23.5 Å². The minimum absolute atomic E-state index is 0.580. The van der Waals surface area contributed by atoms with Crippen LogP contribution in [0.3, 0.4) is 0 Å². The van der Waals surface area contributed by atoms with E-state index in [2.05, 4.69) is 87.4 Å². The highest BCUT2D eigenvalue weighted by Gasteiger charge is 2.28. The molecule has 0 radical (unpaired) electrons. The summed E-state index contributed by atoms with van der Waals surface area (Å²) in [5.74, 6) is 1.30. The van der Waals surface area contributed by atoms with Gasteiger partial charge in [-0.05, 0) is 102 Å². The SMILES string of the molecule is CCCCc1ccc(OB(OS)Oc2ccc(CCCC)cc2Cc2ccc(C#N)c(-c3ccccc3)c2-c2ccccc2)cc1. The fraction of sp³-hybridized carbons (Fsp3) is 0.225. The van der Waals surface area contributed by atoms with Gasteiger partial charge in [0.2, 0.25) is 0 Å². The smallest absolute Gasteiger partial charge is 0.500 e. The van der Waals surface area contributed by atoms with Crippen LogP contribution < -0.4 is 9.31 Å². The number of hydrogen-bond donors (Lipinski definition) is 1. The summed E-state index contributed by atoms with van der Waals surface area (Å²) in [5.41, 5.74) is 9.28. The topological polar surface area (TPSA) is 51.5 Å². The van der Waals surface area contributed by atoms with Crippen molar-refractivity contribution in [2.45, 2.75) is 58.8 Å². The van der Waals surface area contributed by atoms with E-state index >= 15 is 0 Å². The van der Waals surface area contributed by atoms with Crippen LogP contribution >= 0.6 is 12.9 Å². The summed E-state index contributed by atoms with van der Waals surface area (Å²) in [6.45, 7) is 4.40. The Morgan fingerprint density at radius 1 is 0.652 bits per heavy atom. The van der Waals surface area contributed by atoms with Gasteiger partial charge in [-0.3, -0.25) is 4.10 Å². The molecule has 0 unspecified atom stereocenters. The van der Waals surface area contributed by atoms with Crippen molar-refractivity contribution in [2.24, 2.45) is 0 Å². The fourth-order valence-electron chi connectivity index (χ4n) is 5.75. The molecule has 0 aliphatic heterocycles. The van der Waals surface area contributed by atoms with Crippen LogP contribution in [0.2, 0.25) is 0 Å². The zero-order chi connectivity index (χ0) is 32.1. The molecule has 5 aromatic carbocycles. The van der Waals surface area contributed by atoms with Gasteiger partial charge in [-0.1, -0.05) is 118 Å². The van der Waals surface area contributed by atoms with Gasteiger partial charge in [0.1, 0.15) is 11.5 Å². The average molecular weight is 626 g/mol. The van der Waals surface area contributed by atoms with E-state index in [9.17, 15) is 5.26 Å². The molecule has 4 nitrogen and oxygen atoms in total. The Balaban J connectivity index is 1.53. The minimum atomic E-state index is -1.06. The molecule has 0 saturated carbocycles. The van der Waals surface area contributed by atoms with Gasteiger partial charge >= 0.3 is 7.32 Å². The van der Waals surface area contributed by atoms with Gasteiger partial charge in [0.25, 0.3) is 0 Å². The fourth-order valence-corrected chi connectivity index (χ4v) is 5.84. The third-order valence-corrected chi connectivity index (χ3v) is 8.32. The standard InChI is InChI=1S/C40H40BNO3S/c1-3-5-13-30-19-24-37(25-20-30)43-41(45-46)44-38-26-21-31(14-6-4-2)27-36(38)28-34-22-23-35(29-42)40(33-17-11-8-12-18-33)39(34)32-15-9-7-10-16-32/h7-12,15-27,46H,3-6,13-14,28H2,1-2H3. The second-order valence-electron chi connectivity index (χ2n) is 11.5. The Hall–Kier alpha value is -4.44. The molecule has 0 N–H and O–H groups in total. The number of hydrogen-bond acceptors (Lipinski definition) is 5. The Labute approximate surface area is 279 Å². The molecule has 232 valence electrons. The third kappa shape index (κ3) is 8.43. The number of nitriles is 1. The molecule has 0 aliphatic rings. The van der Waals surface area contributed by atoms with Crippen LogP contribution in [0.15, 0.2) is 115 Å². The maximum Gasteiger partial charge on any atom is 0.799 e. The van der Waals surface area contributed by atoms with Crippen LogP contribution in [0.4, 0.5) is 0 Å². The lowest BCUT2D eigenvalue weighted by atomic mass is 9.85. The van der Waals surface area contributed by atoms with Crippen LogP contribution in [-0.4, -0.2) is 7.32 Å².